The van der Waals surface area contributed by atoms with Crippen LogP contribution in [0.2, 0.25) is 0 Å². The van der Waals surface area contributed by atoms with Crippen molar-refractivity contribution in [1.29, 1.82) is 0 Å². The first-order chi connectivity index (χ1) is 9.80. The molecule has 0 aromatic heterocycles. The number of likely N-dealkylation sites (tertiary alicyclic amines) is 1. The number of rotatable bonds is 8. The molecule has 1 fully saturated rings. The number of hydrogen-bond donors (Lipinski definition) is 2. The smallest absolute Gasteiger partial charge is 0.191 e. The van der Waals surface area contributed by atoms with Gasteiger partial charge in [-0.3, -0.25) is 4.99 Å². The molecule has 0 radical (unpaired) electrons. The summed E-state index contributed by atoms with van der Waals surface area (Å²) in [5.41, 5.74) is 0. The highest BCUT2D eigenvalue weighted by atomic mass is 16.5. The molecule has 0 amide bonds. The van der Waals surface area contributed by atoms with E-state index in [2.05, 4.69) is 34.4 Å². The quantitative estimate of drug-likeness (QED) is 0.402. The molecular weight excluding hydrogens is 252 g/mol. The Balaban J connectivity index is 2.30. The molecule has 1 saturated heterocycles. The number of nitrogens with zero attached hydrogens (tertiary/aromatic N) is 2. The number of methoxy groups -OCH3 is 1. The Labute approximate surface area is 124 Å². The highest BCUT2D eigenvalue weighted by Gasteiger charge is 2.19. The maximum atomic E-state index is 5.05. The van der Waals surface area contributed by atoms with E-state index in [1.54, 1.807) is 7.11 Å². The van der Waals surface area contributed by atoms with Crippen molar-refractivity contribution in [2.75, 3.05) is 46.4 Å². The van der Waals surface area contributed by atoms with E-state index in [-0.39, 0.29) is 0 Å². The molecule has 0 saturated carbocycles. The number of piperidine rings is 1. The molecule has 2 N–H and O–H groups in total. The highest BCUT2D eigenvalue weighted by Crippen LogP contribution is 2.10. The fraction of sp³-hybridized carbons (Fsp3) is 0.933. The first-order valence-electron chi connectivity index (χ1n) is 8.06. The minimum Gasteiger partial charge on any atom is -0.385 e. The molecule has 118 valence electrons. The van der Waals surface area contributed by atoms with Gasteiger partial charge in [0.2, 0.25) is 0 Å². The van der Waals surface area contributed by atoms with E-state index < -0.39 is 0 Å². The molecule has 5 heteroatoms. The molecule has 1 aliphatic rings. The van der Waals surface area contributed by atoms with E-state index in [0.29, 0.717) is 6.04 Å². The third-order valence-corrected chi connectivity index (χ3v) is 3.59. The average Bonchev–Trinajstić information content (AvgIpc) is 2.46. The summed E-state index contributed by atoms with van der Waals surface area (Å²) in [6.07, 6.45) is 4.65. The molecule has 0 atom stereocenters. The van der Waals surface area contributed by atoms with Gasteiger partial charge >= 0.3 is 0 Å². The molecule has 1 aliphatic heterocycles. The van der Waals surface area contributed by atoms with Gasteiger partial charge in [-0.05, 0) is 39.2 Å². The van der Waals surface area contributed by atoms with Crippen molar-refractivity contribution in [3.05, 3.63) is 0 Å². The second-order valence-corrected chi connectivity index (χ2v) is 5.37. The van der Waals surface area contributed by atoms with Crippen molar-refractivity contribution >= 4 is 5.96 Å². The monoisotopic (exact) mass is 284 g/mol. The van der Waals surface area contributed by atoms with Crippen LogP contribution in [0.15, 0.2) is 4.99 Å². The van der Waals surface area contributed by atoms with Crippen LogP contribution in [0.25, 0.3) is 0 Å². The number of aliphatic imine (C=N–C) groups is 1. The van der Waals surface area contributed by atoms with E-state index in [1.807, 2.05) is 0 Å². The summed E-state index contributed by atoms with van der Waals surface area (Å²) in [4.78, 5) is 7.16. The fourth-order valence-electron chi connectivity index (χ4n) is 2.53. The molecule has 0 unspecified atom stereocenters. The molecule has 1 rings (SSSR count). The Morgan fingerprint density at radius 2 is 2.05 bits per heavy atom. The second kappa shape index (κ2) is 10.9. The summed E-state index contributed by atoms with van der Waals surface area (Å²) in [5, 5.41) is 6.90. The first kappa shape index (κ1) is 17.2. The maximum Gasteiger partial charge on any atom is 0.191 e. The van der Waals surface area contributed by atoms with Crippen molar-refractivity contribution in [3.8, 4) is 0 Å². The zero-order valence-corrected chi connectivity index (χ0v) is 13.5. The minimum absolute atomic E-state index is 0.559. The summed E-state index contributed by atoms with van der Waals surface area (Å²) in [6, 6.07) is 0.559. The molecule has 5 nitrogen and oxygen atoms in total. The van der Waals surface area contributed by atoms with Crippen LogP contribution in [0.5, 0.6) is 0 Å². The predicted octanol–water partition coefficient (Wildman–Crippen LogP) is 1.45. The molecule has 0 aliphatic carbocycles. The molecule has 0 aromatic rings. The van der Waals surface area contributed by atoms with Gasteiger partial charge in [-0.1, -0.05) is 6.92 Å². The van der Waals surface area contributed by atoms with E-state index in [1.165, 1.54) is 38.9 Å². The second-order valence-electron chi connectivity index (χ2n) is 5.37. The standard InChI is InChI=1S/C15H32N4O/c1-4-10-19-11-7-14(8-12-19)18-15(16-5-2)17-9-6-13-20-3/h14H,4-13H2,1-3H3,(H2,16,17,18). The van der Waals surface area contributed by atoms with Crippen molar-refractivity contribution < 1.29 is 4.74 Å². The summed E-state index contributed by atoms with van der Waals surface area (Å²) in [7, 11) is 1.73. The van der Waals surface area contributed by atoms with Gasteiger partial charge in [0, 0.05) is 45.9 Å². The van der Waals surface area contributed by atoms with Gasteiger partial charge in [-0.2, -0.15) is 0 Å². The van der Waals surface area contributed by atoms with Crippen molar-refractivity contribution in [1.82, 2.24) is 15.5 Å². The van der Waals surface area contributed by atoms with Crippen LogP contribution in [-0.2, 0) is 4.74 Å². The summed E-state index contributed by atoms with van der Waals surface area (Å²) < 4.78 is 5.05. The average molecular weight is 284 g/mol. The van der Waals surface area contributed by atoms with Gasteiger partial charge in [-0.15, -0.1) is 0 Å². The fourth-order valence-corrected chi connectivity index (χ4v) is 2.53. The Bertz CT molecular complexity index is 263. The van der Waals surface area contributed by atoms with Crippen LogP contribution in [0.4, 0.5) is 0 Å². The summed E-state index contributed by atoms with van der Waals surface area (Å²) in [6.45, 7) is 10.5. The van der Waals surface area contributed by atoms with Crippen LogP contribution in [-0.4, -0.2) is 63.3 Å². The maximum absolute atomic E-state index is 5.05. The van der Waals surface area contributed by atoms with Crippen LogP contribution in [0, 0.1) is 0 Å². The van der Waals surface area contributed by atoms with Crippen molar-refractivity contribution in [2.45, 2.75) is 45.6 Å². The third-order valence-electron chi connectivity index (χ3n) is 3.59. The van der Waals surface area contributed by atoms with Crippen LogP contribution in [0.1, 0.15) is 39.5 Å². The van der Waals surface area contributed by atoms with Crippen molar-refractivity contribution in [3.63, 3.8) is 0 Å². The number of ether oxygens (including phenoxy) is 1. The summed E-state index contributed by atoms with van der Waals surface area (Å²) in [5.74, 6) is 0.956. The highest BCUT2D eigenvalue weighted by molar-refractivity contribution is 5.80. The zero-order valence-electron chi connectivity index (χ0n) is 13.5. The molecule has 1 heterocycles. The van der Waals surface area contributed by atoms with Crippen LogP contribution >= 0.6 is 0 Å². The van der Waals surface area contributed by atoms with E-state index in [0.717, 1.165) is 32.1 Å². The molecular formula is C15H32N4O. The van der Waals surface area contributed by atoms with Gasteiger partial charge in [0.25, 0.3) is 0 Å². The third kappa shape index (κ3) is 7.10. The minimum atomic E-state index is 0.559. The molecule has 20 heavy (non-hydrogen) atoms. The zero-order chi connectivity index (χ0) is 14.6. The number of nitrogens with one attached hydrogen (secondary N) is 2. The lowest BCUT2D eigenvalue weighted by molar-refractivity contribution is 0.196. The van der Waals surface area contributed by atoms with Gasteiger partial charge in [-0.25, -0.2) is 0 Å². The Kier molecular flexibility index (Phi) is 9.41. The topological polar surface area (TPSA) is 48.9 Å². The van der Waals surface area contributed by atoms with Gasteiger partial charge in [0.05, 0.1) is 0 Å². The lowest BCUT2D eigenvalue weighted by Crippen LogP contribution is -2.48. The summed E-state index contributed by atoms with van der Waals surface area (Å²) >= 11 is 0. The van der Waals surface area contributed by atoms with Gasteiger partial charge in [0.15, 0.2) is 5.96 Å². The Morgan fingerprint density at radius 1 is 1.30 bits per heavy atom. The molecule has 0 spiro atoms. The normalized spacial score (nSPS) is 18.2. The SMILES string of the molecule is CCCN1CCC(NC(=NCCCOC)NCC)CC1. The lowest BCUT2D eigenvalue weighted by atomic mass is 10.1. The molecule has 0 bridgehead atoms. The van der Waals surface area contributed by atoms with E-state index >= 15 is 0 Å². The number of hydrogen-bond acceptors (Lipinski definition) is 3. The van der Waals surface area contributed by atoms with E-state index in [4.69, 9.17) is 4.74 Å². The van der Waals surface area contributed by atoms with Crippen LogP contribution in [0.3, 0.4) is 0 Å². The lowest BCUT2D eigenvalue weighted by Gasteiger charge is -2.32. The van der Waals surface area contributed by atoms with Crippen LogP contribution < -0.4 is 10.6 Å². The molecule has 0 aromatic carbocycles. The first-order valence-corrected chi connectivity index (χ1v) is 8.06. The number of guanidine groups is 1. The largest absolute Gasteiger partial charge is 0.385 e. The van der Waals surface area contributed by atoms with E-state index in [9.17, 15) is 0 Å². The predicted molar refractivity (Wildman–Crippen MR) is 85.4 cm³/mol. The Hall–Kier alpha value is -0.810. The Morgan fingerprint density at radius 3 is 2.65 bits per heavy atom. The van der Waals surface area contributed by atoms with Crippen molar-refractivity contribution in [2.24, 2.45) is 4.99 Å². The van der Waals surface area contributed by atoms with Gasteiger partial charge < -0.3 is 20.3 Å². The van der Waals surface area contributed by atoms with Gasteiger partial charge in [0.1, 0.15) is 0 Å².